The maximum Gasteiger partial charge on any atom is 0.159 e. The van der Waals surface area contributed by atoms with E-state index < -0.39 is 0 Å². The number of nitrogens with zero attached hydrogens (tertiary/aromatic N) is 2. The average molecular weight is 211 g/mol. The van der Waals surface area contributed by atoms with Crippen LogP contribution < -0.4 is 5.32 Å². The molecule has 3 rings (SSSR count). The van der Waals surface area contributed by atoms with Gasteiger partial charge in [0.05, 0.1) is 5.69 Å². The molecule has 1 aromatic carbocycles. The Labute approximate surface area is 94.6 Å². The van der Waals surface area contributed by atoms with Crippen LogP contribution in [0, 0.1) is 6.92 Å². The van der Waals surface area contributed by atoms with Crippen molar-refractivity contribution in [1.82, 2.24) is 15.3 Å². The van der Waals surface area contributed by atoms with Gasteiger partial charge in [0.2, 0.25) is 0 Å². The minimum atomic E-state index is 0.825. The van der Waals surface area contributed by atoms with Crippen LogP contribution in [0.2, 0.25) is 0 Å². The first-order valence-corrected chi connectivity index (χ1v) is 5.45. The minimum Gasteiger partial charge on any atom is -0.307 e. The van der Waals surface area contributed by atoms with Crippen molar-refractivity contribution in [2.45, 2.75) is 20.0 Å². The molecule has 1 N–H and O–H groups in total. The van der Waals surface area contributed by atoms with Gasteiger partial charge in [0.1, 0.15) is 0 Å². The molecule has 0 fully saturated rings. The van der Waals surface area contributed by atoms with Crippen LogP contribution >= 0.6 is 0 Å². The Morgan fingerprint density at radius 3 is 3.06 bits per heavy atom. The summed E-state index contributed by atoms with van der Waals surface area (Å²) in [5.74, 6) is 0.825. The zero-order chi connectivity index (χ0) is 11.0. The van der Waals surface area contributed by atoms with E-state index in [2.05, 4.69) is 40.4 Å². The van der Waals surface area contributed by atoms with E-state index in [1.165, 1.54) is 11.1 Å². The molecular weight excluding hydrogens is 198 g/mol. The van der Waals surface area contributed by atoms with Crippen LogP contribution in [0.3, 0.4) is 0 Å². The molecule has 0 aliphatic carbocycles. The second kappa shape index (κ2) is 3.68. The van der Waals surface area contributed by atoms with Crippen LogP contribution in [0.25, 0.3) is 11.4 Å². The van der Waals surface area contributed by atoms with E-state index in [1.54, 1.807) is 0 Å². The van der Waals surface area contributed by atoms with Gasteiger partial charge in [0, 0.05) is 30.4 Å². The van der Waals surface area contributed by atoms with Gasteiger partial charge in [-0.2, -0.15) is 0 Å². The monoisotopic (exact) mass is 211 g/mol. The van der Waals surface area contributed by atoms with Crippen molar-refractivity contribution in [3.8, 4) is 11.4 Å². The molecule has 0 bridgehead atoms. The minimum absolute atomic E-state index is 0.825. The van der Waals surface area contributed by atoms with Gasteiger partial charge >= 0.3 is 0 Å². The van der Waals surface area contributed by atoms with Crippen LogP contribution in [0.5, 0.6) is 0 Å². The molecule has 2 aromatic rings. The van der Waals surface area contributed by atoms with Crippen molar-refractivity contribution in [3.63, 3.8) is 0 Å². The number of hydrogen-bond donors (Lipinski definition) is 1. The summed E-state index contributed by atoms with van der Waals surface area (Å²) in [5.41, 5.74) is 4.68. The average Bonchev–Trinajstić information content (AvgIpc) is 2.75. The van der Waals surface area contributed by atoms with Crippen LogP contribution in [-0.2, 0) is 13.1 Å². The van der Waals surface area contributed by atoms with Crippen molar-refractivity contribution in [1.29, 1.82) is 0 Å². The van der Waals surface area contributed by atoms with Gasteiger partial charge in [-0.3, -0.25) is 0 Å². The van der Waals surface area contributed by atoms with Gasteiger partial charge in [-0.05, 0) is 13.0 Å². The van der Waals surface area contributed by atoms with Gasteiger partial charge in [-0.1, -0.05) is 23.8 Å². The van der Waals surface area contributed by atoms with Crippen molar-refractivity contribution >= 4 is 0 Å². The molecule has 0 amide bonds. The number of nitrogens with one attached hydrogen (secondary N) is 1. The Morgan fingerprint density at radius 1 is 1.25 bits per heavy atom. The van der Waals surface area contributed by atoms with Gasteiger partial charge in [0.15, 0.2) is 5.82 Å². The molecule has 16 heavy (non-hydrogen) atoms. The van der Waals surface area contributed by atoms with Crippen LogP contribution in [-0.4, -0.2) is 9.97 Å². The molecule has 0 radical (unpaired) electrons. The molecule has 0 saturated heterocycles. The van der Waals surface area contributed by atoms with E-state index in [4.69, 9.17) is 0 Å². The highest BCUT2D eigenvalue weighted by atomic mass is 15.0. The number of hydrogen-bond acceptors (Lipinski definition) is 3. The summed E-state index contributed by atoms with van der Waals surface area (Å²) in [6, 6.07) is 8.29. The predicted octanol–water partition coefficient (Wildman–Crippen LogP) is 2.06. The lowest BCUT2D eigenvalue weighted by Gasteiger charge is -2.03. The lowest BCUT2D eigenvalue weighted by Crippen LogP contribution is -2.00. The second-order valence-corrected chi connectivity index (χ2v) is 4.14. The highest BCUT2D eigenvalue weighted by Crippen LogP contribution is 2.19. The van der Waals surface area contributed by atoms with Crippen molar-refractivity contribution in [2.75, 3.05) is 0 Å². The Bertz CT molecular complexity index is 534. The summed E-state index contributed by atoms with van der Waals surface area (Å²) < 4.78 is 0. The van der Waals surface area contributed by atoms with E-state index in [1.807, 2.05) is 12.3 Å². The number of fused-ring (bicyclic) bond motifs is 1. The van der Waals surface area contributed by atoms with Gasteiger partial charge < -0.3 is 5.32 Å². The summed E-state index contributed by atoms with van der Waals surface area (Å²) >= 11 is 0. The zero-order valence-electron chi connectivity index (χ0n) is 9.20. The van der Waals surface area contributed by atoms with Crippen LogP contribution in [0.1, 0.15) is 16.8 Å². The molecule has 0 saturated carbocycles. The van der Waals surface area contributed by atoms with Crippen LogP contribution in [0.15, 0.2) is 30.5 Å². The number of aryl methyl sites for hydroxylation is 1. The third-order valence-electron chi connectivity index (χ3n) is 2.84. The van der Waals surface area contributed by atoms with Crippen molar-refractivity contribution in [3.05, 3.63) is 47.3 Å². The first-order valence-electron chi connectivity index (χ1n) is 5.45. The first-order chi connectivity index (χ1) is 7.83. The zero-order valence-corrected chi connectivity index (χ0v) is 9.20. The summed E-state index contributed by atoms with van der Waals surface area (Å²) in [5, 5.41) is 3.28. The molecule has 3 nitrogen and oxygen atoms in total. The van der Waals surface area contributed by atoms with Gasteiger partial charge in [-0.25, -0.2) is 9.97 Å². The molecule has 1 aromatic heterocycles. The molecule has 2 heterocycles. The number of rotatable bonds is 1. The second-order valence-electron chi connectivity index (χ2n) is 4.14. The topological polar surface area (TPSA) is 37.8 Å². The molecule has 1 aliphatic heterocycles. The Morgan fingerprint density at radius 2 is 2.19 bits per heavy atom. The molecule has 80 valence electrons. The highest BCUT2D eigenvalue weighted by Gasteiger charge is 2.13. The fraction of sp³-hybridized carbons (Fsp3) is 0.231. The normalized spacial score (nSPS) is 13.8. The highest BCUT2D eigenvalue weighted by molar-refractivity contribution is 5.56. The first kappa shape index (κ1) is 9.48. The number of benzene rings is 1. The quantitative estimate of drug-likeness (QED) is 0.784. The van der Waals surface area contributed by atoms with E-state index in [9.17, 15) is 0 Å². The fourth-order valence-electron chi connectivity index (χ4n) is 1.98. The molecule has 0 unspecified atom stereocenters. The molecular formula is C13H13N3. The summed E-state index contributed by atoms with van der Waals surface area (Å²) in [7, 11) is 0. The maximum atomic E-state index is 4.59. The third kappa shape index (κ3) is 1.59. The van der Waals surface area contributed by atoms with Crippen molar-refractivity contribution < 1.29 is 0 Å². The summed E-state index contributed by atoms with van der Waals surface area (Å²) in [6.45, 7) is 3.83. The van der Waals surface area contributed by atoms with Gasteiger partial charge in [-0.15, -0.1) is 0 Å². The summed E-state index contributed by atoms with van der Waals surface area (Å²) in [6.07, 6.45) is 1.93. The van der Waals surface area contributed by atoms with E-state index in [-0.39, 0.29) is 0 Å². The Balaban J connectivity index is 2.07. The molecule has 0 spiro atoms. The SMILES string of the molecule is Cc1cccc(-c2ncc3c(n2)CNC3)c1. The largest absolute Gasteiger partial charge is 0.307 e. The predicted molar refractivity (Wildman–Crippen MR) is 62.7 cm³/mol. The van der Waals surface area contributed by atoms with E-state index in [0.29, 0.717) is 0 Å². The van der Waals surface area contributed by atoms with Gasteiger partial charge in [0.25, 0.3) is 0 Å². The summed E-state index contributed by atoms with van der Waals surface area (Å²) in [4.78, 5) is 9.00. The lowest BCUT2D eigenvalue weighted by molar-refractivity contribution is 0.758. The maximum absolute atomic E-state index is 4.59. The molecule has 0 atom stereocenters. The smallest absolute Gasteiger partial charge is 0.159 e. The van der Waals surface area contributed by atoms with E-state index in [0.717, 1.165) is 30.2 Å². The fourth-order valence-corrected chi connectivity index (χ4v) is 1.98. The third-order valence-corrected chi connectivity index (χ3v) is 2.84. The van der Waals surface area contributed by atoms with Crippen LogP contribution in [0.4, 0.5) is 0 Å². The Kier molecular flexibility index (Phi) is 2.18. The lowest BCUT2D eigenvalue weighted by atomic mass is 10.1. The Hall–Kier alpha value is -1.74. The molecule has 1 aliphatic rings. The molecule has 3 heteroatoms. The standard InChI is InChI=1S/C13H13N3/c1-9-3-2-4-10(5-9)13-15-7-11-6-14-8-12(11)16-13/h2-5,7,14H,6,8H2,1H3. The number of aromatic nitrogens is 2. The van der Waals surface area contributed by atoms with E-state index >= 15 is 0 Å². The van der Waals surface area contributed by atoms with Crippen molar-refractivity contribution in [2.24, 2.45) is 0 Å².